The maximum atomic E-state index is 11.9. The van der Waals surface area contributed by atoms with Crippen LogP contribution in [0.5, 0.6) is 5.75 Å². The first-order chi connectivity index (χ1) is 9.96. The van der Waals surface area contributed by atoms with Crippen molar-refractivity contribution in [1.82, 2.24) is 0 Å². The smallest absolute Gasteiger partial charge is 0.332 e. The van der Waals surface area contributed by atoms with Crippen LogP contribution >= 0.6 is 0 Å². The Kier molecular flexibility index (Phi) is 4.55. The van der Waals surface area contributed by atoms with Crippen LogP contribution in [0.4, 0.5) is 0 Å². The lowest BCUT2D eigenvalue weighted by Crippen LogP contribution is -2.05. The number of rotatable bonds is 5. The summed E-state index contributed by atoms with van der Waals surface area (Å²) in [5.74, 6) is -0.0434. The van der Waals surface area contributed by atoms with Crippen molar-refractivity contribution in [3.05, 3.63) is 71.1 Å². The molecule has 2 rings (SSSR count). The standard InChI is InChI=1S/C16H14O4S/c1-13(17)15-8-5-9-16(12-15)20-21(18,19)11-10-14-6-3-2-4-7-14/h2-12H,1H3. The SMILES string of the molecule is CC(=O)c1cccc(OS(=O)(=O)C=Cc2ccccc2)c1. The molecule has 0 bridgehead atoms. The van der Waals surface area contributed by atoms with Crippen LogP contribution in [-0.2, 0) is 10.1 Å². The van der Waals surface area contributed by atoms with Gasteiger partial charge in [0.15, 0.2) is 5.78 Å². The third-order valence-electron chi connectivity index (χ3n) is 2.68. The highest BCUT2D eigenvalue weighted by molar-refractivity contribution is 7.90. The number of benzene rings is 2. The number of ketones is 1. The highest BCUT2D eigenvalue weighted by Crippen LogP contribution is 2.17. The number of Topliss-reactive ketones (excluding diaryl/α,β-unsaturated/α-hetero) is 1. The van der Waals surface area contributed by atoms with Crippen LogP contribution in [0, 0.1) is 0 Å². The molecule has 0 radical (unpaired) electrons. The molecule has 0 aliphatic carbocycles. The van der Waals surface area contributed by atoms with Gasteiger partial charge in [-0.05, 0) is 30.7 Å². The van der Waals surface area contributed by atoms with E-state index in [1.807, 2.05) is 18.2 Å². The van der Waals surface area contributed by atoms with Gasteiger partial charge in [-0.25, -0.2) is 0 Å². The Hall–Kier alpha value is -2.40. The molecule has 0 spiro atoms. The minimum absolute atomic E-state index is 0.111. The Morgan fingerprint density at radius 3 is 2.43 bits per heavy atom. The van der Waals surface area contributed by atoms with Gasteiger partial charge in [0.25, 0.3) is 0 Å². The molecule has 108 valence electrons. The monoisotopic (exact) mass is 302 g/mol. The number of hydrogen-bond donors (Lipinski definition) is 0. The zero-order chi connectivity index (χ0) is 15.3. The molecule has 0 aliphatic heterocycles. The second kappa shape index (κ2) is 6.37. The molecule has 0 N–H and O–H groups in total. The van der Waals surface area contributed by atoms with Gasteiger partial charge in [0.2, 0.25) is 0 Å². The third kappa shape index (κ3) is 4.57. The van der Waals surface area contributed by atoms with E-state index in [0.717, 1.165) is 11.0 Å². The molecule has 0 atom stereocenters. The van der Waals surface area contributed by atoms with Crippen LogP contribution in [-0.4, -0.2) is 14.2 Å². The van der Waals surface area contributed by atoms with E-state index in [1.54, 1.807) is 24.3 Å². The summed E-state index contributed by atoms with van der Waals surface area (Å²) in [4.78, 5) is 11.3. The van der Waals surface area contributed by atoms with Crippen LogP contribution in [0.15, 0.2) is 60.0 Å². The molecule has 0 aromatic heterocycles. The van der Waals surface area contributed by atoms with Gasteiger partial charge >= 0.3 is 10.1 Å². The van der Waals surface area contributed by atoms with E-state index in [4.69, 9.17) is 4.18 Å². The van der Waals surface area contributed by atoms with E-state index in [1.165, 1.54) is 25.1 Å². The molecule has 0 fully saturated rings. The largest absolute Gasteiger partial charge is 0.379 e. The molecule has 2 aromatic carbocycles. The first-order valence-electron chi connectivity index (χ1n) is 6.25. The van der Waals surface area contributed by atoms with Crippen LogP contribution in [0.25, 0.3) is 6.08 Å². The molecule has 0 aliphatic rings. The maximum absolute atomic E-state index is 11.9. The van der Waals surface area contributed by atoms with Crippen molar-refractivity contribution in [3.8, 4) is 5.75 Å². The first-order valence-corrected chi connectivity index (χ1v) is 7.72. The molecule has 0 amide bonds. The third-order valence-corrected chi connectivity index (χ3v) is 3.57. The Labute approximate surface area is 123 Å². The summed E-state index contributed by atoms with van der Waals surface area (Å²) in [5.41, 5.74) is 1.15. The van der Waals surface area contributed by atoms with Crippen LogP contribution in [0.2, 0.25) is 0 Å². The Morgan fingerprint density at radius 1 is 1.05 bits per heavy atom. The van der Waals surface area contributed by atoms with Crippen molar-refractivity contribution < 1.29 is 17.4 Å². The molecule has 2 aromatic rings. The van der Waals surface area contributed by atoms with Gasteiger partial charge in [-0.15, -0.1) is 0 Å². The number of carbonyl (C=O) groups excluding carboxylic acids is 1. The van der Waals surface area contributed by atoms with Crippen LogP contribution in [0.3, 0.4) is 0 Å². The fourth-order valence-electron chi connectivity index (χ4n) is 1.65. The zero-order valence-corrected chi connectivity index (χ0v) is 12.2. The van der Waals surface area contributed by atoms with Crippen molar-refractivity contribution >= 4 is 22.0 Å². The summed E-state index contributed by atoms with van der Waals surface area (Å²) in [7, 11) is -3.87. The Balaban J connectivity index is 2.16. The van der Waals surface area contributed by atoms with Gasteiger partial charge in [-0.1, -0.05) is 42.5 Å². The molecule has 21 heavy (non-hydrogen) atoms. The number of hydrogen-bond acceptors (Lipinski definition) is 4. The predicted octanol–water partition coefficient (Wildman–Crippen LogP) is 3.27. The lowest BCUT2D eigenvalue weighted by Gasteiger charge is -2.04. The lowest BCUT2D eigenvalue weighted by atomic mass is 10.1. The van der Waals surface area contributed by atoms with Crippen molar-refractivity contribution in [3.63, 3.8) is 0 Å². The summed E-state index contributed by atoms with van der Waals surface area (Å²) < 4.78 is 28.7. The van der Waals surface area contributed by atoms with Crippen molar-refractivity contribution in [2.45, 2.75) is 6.92 Å². The van der Waals surface area contributed by atoms with Crippen molar-refractivity contribution in [2.75, 3.05) is 0 Å². The van der Waals surface area contributed by atoms with Crippen molar-refractivity contribution in [2.24, 2.45) is 0 Å². The molecule has 0 saturated heterocycles. The molecule has 4 nitrogen and oxygen atoms in total. The normalized spacial score (nSPS) is 11.5. The van der Waals surface area contributed by atoms with E-state index in [0.29, 0.717) is 5.56 Å². The quantitative estimate of drug-likeness (QED) is 0.628. The molecule has 0 unspecified atom stereocenters. The van der Waals surface area contributed by atoms with Crippen LogP contribution < -0.4 is 4.18 Å². The Bertz CT molecular complexity index is 762. The summed E-state index contributed by atoms with van der Waals surface area (Å²) in [6, 6.07) is 15.1. The fourth-order valence-corrected chi connectivity index (χ4v) is 2.41. The molecule has 0 heterocycles. The van der Waals surface area contributed by atoms with E-state index >= 15 is 0 Å². The molecular weight excluding hydrogens is 288 g/mol. The minimum atomic E-state index is -3.87. The minimum Gasteiger partial charge on any atom is -0.379 e. The second-order valence-electron chi connectivity index (χ2n) is 4.37. The highest BCUT2D eigenvalue weighted by Gasteiger charge is 2.09. The molecule has 5 heteroatoms. The van der Waals surface area contributed by atoms with E-state index in [2.05, 4.69) is 0 Å². The van der Waals surface area contributed by atoms with E-state index < -0.39 is 10.1 Å². The Morgan fingerprint density at radius 2 is 1.76 bits per heavy atom. The molecular formula is C16H14O4S. The average molecular weight is 302 g/mol. The fraction of sp³-hybridized carbons (Fsp3) is 0.0625. The number of carbonyl (C=O) groups is 1. The summed E-state index contributed by atoms with van der Waals surface area (Å²) in [5, 5.41) is 0.989. The van der Waals surface area contributed by atoms with Gasteiger partial charge in [0.05, 0.1) is 5.41 Å². The topological polar surface area (TPSA) is 60.4 Å². The van der Waals surface area contributed by atoms with Gasteiger partial charge in [-0.3, -0.25) is 4.79 Å². The predicted molar refractivity (Wildman–Crippen MR) is 81.5 cm³/mol. The summed E-state index contributed by atoms with van der Waals surface area (Å²) >= 11 is 0. The highest BCUT2D eigenvalue weighted by atomic mass is 32.2. The average Bonchev–Trinajstić information content (AvgIpc) is 2.46. The lowest BCUT2D eigenvalue weighted by molar-refractivity contribution is 0.101. The van der Waals surface area contributed by atoms with Gasteiger partial charge < -0.3 is 4.18 Å². The molecule has 0 saturated carbocycles. The van der Waals surface area contributed by atoms with Crippen LogP contribution in [0.1, 0.15) is 22.8 Å². The van der Waals surface area contributed by atoms with Gasteiger partial charge in [0, 0.05) is 5.56 Å². The van der Waals surface area contributed by atoms with E-state index in [-0.39, 0.29) is 11.5 Å². The van der Waals surface area contributed by atoms with Crippen molar-refractivity contribution in [1.29, 1.82) is 0 Å². The van der Waals surface area contributed by atoms with Gasteiger partial charge in [-0.2, -0.15) is 8.42 Å². The summed E-state index contributed by atoms with van der Waals surface area (Å²) in [6.45, 7) is 1.41. The van der Waals surface area contributed by atoms with E-state index in [9.17, 15) is 13.2 Å². The second-order valence-corrected chi connectivity index (χ2v) is 5.80. The zero-order valence-electron chi connectivity index (χ0n) is 11.4. The van der Waals surface area contributed by atoms with Gasteiger partial charge in [0.1, 0.15) is 5.75 Å². The maximum Gasteiger partial charge on any atom is 0.332 e. The summed E-state index contributed by atoms with van der Waals surface area (Å²) in [6.07, 6.45) is 1.45. The first kappa shape index (κ1) is 15.0.